The highest BCUT2D eigenvalue weighted by molar-refractivity contribution is 6.30. The molecular formula is C20H14ClF3N2O5. The largest absolute Gasteiger partial charge is 0.491 e. The van der Waals surface area contributed by atoms with Gasteiger partial charge in [0.2, 0.25) is 5.91 Å². The molecule has 1 aliphatic heterocycles. The number of para-hydroxylation sites is 1. The zero-order valence-electron chi connectivity index (χ0n) is 15.7. The molecule has 0 spiro atoms. The van der Waals surface area contributed by atoms with Gasteiger partial charge < -0.3 is 9.64 Å². The quantitative estimate of drug-likeness (QED) is 0.526. The first kappa shape index (κ1) is 22.3. The summed E-state index contributed by atoms with van der Waals surface area (Å²) in [6, 6.07) is 12.3. The summed E-state index contributed by atoms with van der Waals surface area (Å²) in [6.07, 6.45) is -5.35. The Labute approximate surface area is 178 Å². The zero-order valence-corrected chi connectivity index (χ0v) is 16.4. The zero-order chi connectivity index (χ0) is 22.8. The molecule has 2 amide bonds. The molecule has 2 aromatic rings. The SMILES string of the molecule is O=C(CN1C(=O)CN(C(=O)c2ccc(Cl)cc2)Cc2ccccc21)OC(=O)C(F)(F)F. The maximum absolute atomic E-state index is 12.9. The Morgan fingerprint density at radius 2 is 1.65 bits per heavy atom. The third-order valence-electron chi connectivity index (χ3n) is 4.37. The van der Waals surface area contributed by atoms with E-state index in [1.165, 1.54) is 35.2 Å². The van der Waals surface area contributed by atoms with Crippen molar-refractivity contribution in [3.8, 4) is 0 Å². The molecule has 0 fully saturated rings. The van der Waals surface area contributed by atoms with E-state index in [2.05, 4.69) is 4.74 Å². The molecule has 0 atom stereocenters. The van der Waals surface area contributed by atoms with E-state index in [-0.39, 0.29) is 17.8 Å². The van der Waals surface area contributed by atoms with Crippen LogP contribution in [0.1, 0.15) is 15.9 Å². The van der Waals surface area contributed by atoms with Crippen LogP contribution in [0.2, 0.25) is 5.02 Å². The molecule has 7 nitrogen and oxygen atoms in total. The molecule has 0 N–H and O–H groups in total. The fourth-order valence-electron chi connectivity index (χ4n) is 2.97. The highest BCUT2D eigenvalue weighted by Gasteiger charge is 2.43. The molecule has 0 aromatic heterocycles. The summed E-state index contributed by atoms with van der Waals surface area (Å²) >= 11 is 5.83. The fraction of sp³-hybridized carbons (Fsp3) is 0.200. The van der Waals surface area contributed by atoms with Crippen molar-refractivity contribution in [1.82, 2.24) is 4.90 Å². The standard InChI is InChI=1S/C20H14ClF3N2O5/c21-14-7-5-12(6-8-14)18(29)25-9-13-3-1-2-4-15(13)26(16(27)10-25)11-17(28)31-19(30)20(22,23)24/h1-8H,9-11H2. The summed E-state index contributed by atoms with van der Waals surface area (Å²) in [5.41, 5.74) is 0.972. The van der Waals surface area contributed by atoms with E-state index in [1.807, 2.05) is 0 Å². The number of carbonyl (C=O) groups is 4. The Morgan fingerprint density at radius 1 is 1.00 bits per heavy atom. The second kappa shape index (κ2) is 8.76. The van der Waals surface area contributed by atoms with Crippen LogP contribution in [0.25, 0.3) is 0 Å². The minimum atomic E-state index is -5.35. The number of rotatable bonds is 3. The Kier molecular flexibility index (Phi) is 6.30. The summed E-state index contributed by atoms with van der Waals surface area (Å²) in [7, 11) is 0. The number of esters is 2. The number of anilines is 1. The van der Waals surface area contributed by atoms with E-state index >= 15 is 0 Å². The van der Waals surface area contributed by atoms with Gasteiger partial charge in [-0.1, -0.05) is 29.8 Å². The summed E-state index contributed by atoms with van der Waals surface area (Å²) in [5, 5.41) is 0.423. The number of hydrogen-bond donors (Lipinski definition) is 0. The maximum atomic E-state index is 12.9. The molecular weight excluding hydrogens is 441 g/mol. The van der Waals surface area contributed by atoms with Crippen molar-refractivity contribution in [2.75, 3.05) is 18.0 Å². The van der Waals surface area contributed by atoms with Crippen molar-refractivity contribution in [3.05, 3.63) is 64.7 Å². The van der Waals surface area contributed by atoms with Crippen molar-refractivity contribution in [2.45, 2.75) is 12.7 Å². The molecule has 162 valence electrons. The molecule has 1 aliphatic rings. The van der Waals surface area contributed by atoms with Crippen molar-refractivity contribution in [1.29, 1.82) is 0 Å². The predicted molar refractivity (Wildman–Crippen MR) is 102 cm³/mol. The Balaban J connectivity index is 1.84. The predicted octanol–water partition coefficient (Wildman–Crippen LogP) is 2.96. The van der Waals surface area contributed by atoms with E-state index in [0.717, 1.165) is 4.90 Å². The number of halogens is 4. The first-order valence-corrected chi connectivity index (χ1v) is 9.19. The van der Waals surface area contributed by atoms with Gasteiger partial charge in [-0.2, -0.15) is 13.2 Å². The first-order chi connectivity index (χ1) is 14.6. The lowest BCUT2D eigenvalue weighted by atomic mass is 10.1. The number of alkyl halides is 3. The lowest BCUT2D eigenvalue weighted by molar-refractivity contribution is -0.201. The van der Waals surface area contributed by atoms with Gasteiger partial charge in [0.15, 0.2) is 0 Å². The summed E-state index contributed by atoms with van der Waals surface area (Å²) in [4.78, 5) is 50.5. The van der Waals surface area contributed by atoms with Gasteiger partial charge in [0.25, 0.3) is 5.91 Å². The van der Waals surface area contributed by atoms with Gasteiger partial charge in [-0.3, -0.25) is 14.5 Å². The van der Waals surface area contributed by atoms with Crippen LogP contribution >= 0.6 is 11.6 Å². The molecule has 3 rings (SSSR count). The number of fused-ring (bicyclic) bond motifs is 1. The number of hydrogen-bond acceptors (Lipinski definition) is 5. The average molecular weight is 455 g/mol. The third kappa shape index (κ3) is 5.21. The number of nitrogens with zero attached hydrogens (tertiary/aromatic N) is 2. The molecule has 0 bridgehead atoms. The van der Waals surface area contributed by atoms with Crippen LogP contribution in [0.15, 0.2) is 48.5 Å². The highest BCUT2D eigenvalue weighted by Crippen LogP contribution is 2.27. The summed E-state index contributed by atoms with van der Waals surface area (Å²) in [5.74, 6) is -5.43. The van der Waals surface area contributed by atoms with Crippen LogP contribution in [-0.2, 0) is 25.7 Å². The van der Waals surface area contributed by atoms with Crippen LogP contribution < -0.4 is 4.90 Å². The van der Waals surface area contributed by atoms with Gasteiger partial charge in [0.1, 0.15) is 13.1 Å². The minimum absolute atomic E-state index is 0.0103. The Morgan fingerprint density at radius 3 is 2.29 bits per heavy atom. The fourth-order valence-corrected chi connectivity index (χ4v) is 3.09. The van der Waals surface area contributed by atoms with Gasteiger partial charge in [-0.15, -0.1) is 0 Å². The molecule has 2 aromatic carbocycles. The van der Waals surface area contributed by atoms with Crippen molar-refractivity contribution < 1.29 is 37.1 Å². The molecule has 11 heteroatoms. The normalized spacial score (nSPS) is 14.0. The molecule has 0 aliphatic carbocycles. The van der Waals surface area contributed by atoms with Crippen LogP contribution in [0, 0.1) is 0 Å². The molecule has 0 saturated heterocycles. The molecule has 0 radical (unpaired) electrons. The summed E-state index contributed by atoms with van der Waals surface area (Å²) in [6.45, 7) is -1.37. The van der Waals surface area contributed by atoms with Crippen LogP contribution in [0.5, 0.6) is 0 Å². The topological polar surface area (TPSA) is 84.0 Å². The average Bonchev–Trinajstić information content (AvgIpc) is 2.84. The third-order valence-corrected chi connectivity index (χ3v) is 4.63. The van der Waals surface area contributed by atoms with E-state index in [9.17, 15) is 32.3 Å². The maximum Gasteiger partial charge on any atom is 0.491 e. The second-order valence-electron chi connectivity index (χ2n) is 6.54. The van der Waals surface area contributed by atoms with Crippen LogP contribution in [0.4, 0.5) is 18.9 Å². The smallest absolute Gasteiger partial charge is 0.385 e. The number of ether oxygens (including phenoxy) is 1. The molecule has 0 saturated carbocycles. The summed E-state index contributed by atoms with van der Waals surface area (Å²) < 4.78 is 40.8. The molecule has 1 heterocycles. The monoisotopic (exact) mass is 454 g/mol. The van der Waals surface area contributed by atoms with Crippen molar-refractivity contribution in [2.24, 2.45) is 0 Å². The number of amides is 2. The lowest BCUT2D eigenvalue weighted by Gasteiger charge is -2.22. The van der Waals surface area contributed by atoms with E-state index < -0.39 is 43.0 Å². The van der Waals surface area contributed by atoms with Crippen LogP contribution in [0.3, 0.4) is 0 Å². The minimum Gasteiger partial charge on any atom is -0.385 e. The van der Waals surface area contributed by atoms with Gasteiger partial charge in [-0.05, 0) is 35.9 Å². The van der Waals surface area contributed by atoms with Crippen molar-refractivity contribution in [3.63, 3.8) is 0 Å². The first-order valence-electron chi connectivity index (χ1n) is 8.81. The number of carbonyl (C=O) groups excluding carboxylic acids is 4. The van der Waals surface area contributed by atoms with E-state index in [0.29, 0.717) is 10.6 Å². The van der Waals surface area contributed by atoms with E-state index in [4.69, 9.17) is 11.6 Å². The molecule has 0 unspecified atom stereocenters. The van der Waals surface area contributed by atoms with Gasteiger partial charge in [0.05, 0.1) is 0 Å². The number of benzene rings is 2. The van der Waals surface area contributed by atoms with Gasteiger partial charge in [0, 0.05) is 22.8 Å². The van der Waals surface area contributed by atoms with Crippen molar-refractivity contribution >= 4 is 41.0 Å². The van der Waals surface area contributed by atoms with Gasteiger partial charge >= 0.3 is 18.1 Å². The Hall–Kier alpha value is -3.40. The highest BCUT2D eigenvalue weighted by atomic mass is 35.5. The van der Waals surface area contributed by atoms with Crippen LogP contribution in [-0.4, -0.2) is 47.9 Å². The lowest BCUT2D eigenvalue weighted by Crippen LogP contribution is -2.43. The second-order valence-corrected chi connectivity index (χ2v) is 6.97. The van der Waals surface area contributed by atoms with E-state index in [1.54, 1.807) is 18.2 Å². The van der Waals surface area contributed by atoms with Gasteiger partial charge in [-0.25, -0.2) is 9.59 Å². The Bertz CT molecular complexity index is 1040. The molecule has 31 heavy (non-hydrogen) atoms.